The smallest absolute Gasteiger partial charge is 0.410 e. The third-order valence-electron chi connectivity index (χ3n) is 2.63. The SMILES string of the molecule is CC(C)OC(=O)N1CC(=S)Nc2ccc(Cl)cc2C1. The second-order valence-corrected chi connectivity index (χ2v) is 5.57. The molecule has 0 atom stereocenters. The molecule has 1 N–H and O–H groups in total. The lowest BCUT2D eigenvalue weighted by Crippen LogP contribution is -2.36. The van der Waals surface area contributed by atoms with Crippen LogP contribution in [0.5, 0.6) is 0 Å². The summed E-state index contributed by atoms with van der Waals surface area (Å²) in [4.78, 5) is 14.1. The highest BCUT2D eigenvalue weighted by Gasteiger charge is 2.23. The Morgan fingerprint density at radius 2 is 2.21 bits per heavy atom. The number of benzene rings is 1. The van der Waals surface area contributed by atoms with E-state index in [0.717, 1.165) is 11.3 Å². The Balaban J connectivity index is 2.24. The molecule has 0 bridgehead atoms. The molecule has 1 aromatic carbocycles. The van der Waals surface area contributed by atoms with Crippen LogP contribution in [0.2, 0.25) is 5.02 Å². The molecule has 0 radical (unpaired) electrons. The maximum Gasteiger partial charge on any atom is 0.410 e. The molecule has 0 saturated carbocycles. The first-order chi connectivity index (χ1) is 8.95. The van der Waals surface area contributed by atoms with Crippen LogP contribution in [0.3, 0.4) is 0 Å². The molecule has 0 saturated heterocycles. The molecule has 102 valence electrons. The number of carbonyl (C=O) groups excluding carboxylic acids is 1. The largest absolute Gasteiger partial charge is 0.447 e. The molecule has 0 unspecified atom stereocenters. The molecule has 19 heavy (non-hydrogen) atoms. The van der Waals surface area contributed by atoms with Crippen molar-refractivity contribution in [1.82, 2.24) is 4.90 Å². The van der Waals surface area contributed by atoms with Gasteiger partial charge in [-0.15, -0.1) is 0 Å². The number of hydrogen-bond acceptors (Lipinski definition) is 3. The predicted molar refractivity (Wildman–Crippen MR) is 79.7 cm³/mol. The van der Waals surface area contributed by atoms with Crippen molar-refractivity contribution in [3.63, 3.8) is 0 Å². The van der Waals surface area contributed by atoms with E-state index < -0.39 is 0 Å². The number of ether oxygens (including phenoxy) is 1. The van der Waals surface area contributed by atoms with Gasteiger partial charge in [-0.05, 0) is 37.6 Å². The number of nitrogens with one attached hydrogen (secondary N) is 1. The molecule has 1 heterocycles. The molecule has 1 aliphatic rings. The summed E-state index contributed by atoms with van der Waals surface area (Å²) in [5.74, 6) is 0. The zero-order chi connectivity index (χ0) is 14.0. The van der Waals surface area contributed by atoms with Gasteiger partial charge in [0, 0.05) is 10.7 Å². The van der Waals surface area contributed by atoms with Crippen molar-refractivity contribution in [2.75, 3.05) is 11.9 Å². The van der Waals surface area contributed by atoms with Crippen molar-refractivity contribution < 1.29 is 9.53 Å². The number of thiocarbonyl (C=S) groups is 1. The Labute approximate surface area is 122 Å². The van der Waals surface area contributed by atoms with Crippen LogP contribution < -0.4 is 5.32 Å². The number of halogens is 1. The zero-order valence-corrected chi connectivity index (χ0v) is 12.3. The van der Waals surface area contributed by atoms with Crippen molar-refractivity contribution in [2.24, 2.45) is 0 Å². The highest BCUT2D eigenvalue weighted by atomic mass is 35.5. The van der Waals surface area contributed by atoms with E-state index in [2.05, 4.69) is 5.32 Å². The molecule has 4 nitrogen and oxygen atoms in total. The van der Waals surface area contributed by atoms with Gasteiger partial charge in [-0.2, -0.15) is 0 Å². The van der Waals surface area contributed by atoms with Crippen LogP contribution in [0, 0.1) is 0 Å². The summed E-state index contributed by atoms with van der Waals surface area (Å²) in [5.41, 5.74) is 1.81. The number of nitrogens with zero attached hydrogens (tertiary/aromatic N) is 1. The Hall–Kier alpha value is -1.33. The average Bonchev–Trinajstić information content (AvgIpc) is 2.46. The van der Waals surface area contributed by atoms with E-state index in [1.807, 2.05) is 26.0 Å². The Morgan fingerprint density at radius 3 is 2.89 bits per heavy atom. The second-order valence-electron chi connectivity index (χ2n) is 4.64. The predicted octanol–water partition coefficient (Wildman–Crippen LogP) is 3.44. The van der Waals surface area contributed by atoms with Gasteiger partial charge in [-0.3, -0.25) is 4.90 Å². The van der Waals surface area contributed by atoms with E-state index >= 15 is 0 Å². The monoisotopic (exact) mass is 298 g/mol. The van der Waals surface area contributed by atoms with Crippen LogP contribution in [-0.2, 0) is 11.3 Å². The number of rotatable bonds is 1. The summed E-state index contributed by atoms with van der Waals surface area (Å²) < 4.78 is 5.21. The van der Waals surface area contributed by atoms with Crippen LogP contribution in [0.1, 0.15) is 19.4 Å². The second kappa shape index (κ2) is 5.75. The van der Waals surface area contributed by atoms with Crippen LogP contribution in [-0.4, -0.2) is 28.6 Å². The fraction of sp³-hybridized carbons (Fsp3) is 0.385. The Bertz CT molecular complexity index is 519. The first kappa shape index (κ1) is 14.1. The van der Waals surface area contributed by atoms with Crippen molar-refractivity contribution >= 4 is 40.6 Å². The van der Waals surface area contributed by atoms with Crippen LogP contribution in [0.4, 0.5) is 10.5 Å². The number of hydrogen-bond donors (Lipinski definition) is 1. The van der Waals surface area contributed by atoms with E-state index in [1.165, 1.54) is 0 Å². The number of amides is 1. The molecule has 0 aliphatic carbocycles. The standard InChI is InChI=1S/C13H15ClN2O2S/c1-8(2)18-13(17)16-6-9-5-10(14)3-4-11(9)15-12(19)7-16/h3-5,8H,6-7H2,1-2H3,(H,15,19). The van der Waals surface area contributed by atoms with Gasteiger partial charge < -0.3 is 10.1 Å². The fourth-order valence-corrected chi connectivity index (χ4v) is 2.31. The molecule has 1 aromatic rings. The summed E-state index contributed by atoms with van der Waals surface area (Å²) in [5, 5.41) is 3.74. The number of carbonyl (C=O) groups is 1. The van der Waals surface area contributed by atoms with Crippen LogP contribution in [0.25, 0.3) is 0 Å². The van der Waals surface area contributed by atoms with E-state index in [-0.39, 0.29) is 12.2 Å². The molecule has 1 aliphatic heterocycles. The average molecular weight is 299 g/mol. The van der Waals surface area contributed by atoms with Crippen molar-refractivity contribution in [3.8, 4) is 0 Å². The van der Waals surface area contributed by atoms with Gasteiger partial charge in [-0.25, -0.2) is 4.79 Å². The molecular formula is C13H15ClN2O2S. The number of fused-ring (bicyclic) bond motifs is 1. The lowest BCUT2D eigenvalue weighted by atomic mass is 10.2. The lowest BCUT2D eigenvalue weighted by molar-refractivity contribution is 0.0796. The van der Waals surface area contributed by atoms with E-state index in [4.69, 9.17) is 28.6 Å². The summed E-state index contributed by atoms with van der Waals surface area (Å²) in [7, 11) is 0. The van der Waals surface area contributed by atoms with E-state index in [0.29, 0.717) is 23.1 Å². The first-order valence-corrected chi connectivity index (χ1v) is 6.78. The quantitative estimate of drug-likeness (QED) is 0.807. The fourth-order valence-electron chi connectivity index (χ4n) is 1.84. The third kappa shape index (κ3) is 3.58. The topological polar surface area (TPSA) is 41.6 Å². The van der Waals surface area contributed by atoms with Gasteiger partial charge in [0.25, 0.3) is 0 Å². The summed E-state index contributed by atoms with van der Waals surface area (Å²) >= 11 is 11.2. The van der Waals surface area contributed by atoms with Gasteiger partial charge >= 0.3 is 6.09 Å². The van der Waals surface area contributed by atoms with Gasteiger partial charge in [0.05, 0.1) is 24.2 Å². The molecular weight excluding hydrogens is 284 g/mol. The lowest BCUT2D eigenvalue weighted by Gasteiger charge is -2.21. The zero-order valence-electron chi connectivity index (χ0n) is 10.8. The Kier molecular flexibility index (Phi) is 4.27. The summed E-state index contributed by atoms with van der Waals surface area (Å²) in [6.45, 7) is 4.40. The van der Waals surface area contributed by atoms with Gasteiger partial charge in [0.15, 0.2) is 0 Å². The first-order valence-electron chi connectivity index (χ1n) is 5.99. The van der Waals surface area contributed by atoms with Crippen molar-refractivity contribution in [2.45, 2.75) is 26.5 Å². The molecule has 0 aromatic heterocycles. The Morgan fingerprint density at radius 1 is 1.47 bits per heavy atom. The van der Waals surface area contributed by atoms with Crippen LogP contribution >= 0.6 is 23.8 Å². The summed E-state index contributed by atoms with van der Waals surface area (Å²) in [6, 6.07) is 5.48. The van der Waals surface area contributed by atoms with Crippen LogP contribution in [0.15, 0.2) is 18.2 Å². The third-order valence-corrected chi connectivity index (χ3v) is 3.10. The minimum Gasteiger partial charge on any atom is -0.447 e. The van der Waals surface area contributed by atoms with Crippen molar-refractivity contribution in [1.29, 1.82) is 0 Å². The molecule has 6 heteroatoms. The maximum absolute atomic E-state index is 12.0. The minimum atomic E-state index is -0.369. The highest BCUT2D eigenvalue weighted by Crippen LogP contribution is 2.25. The van der Waals surface area contributed by atoms with Gasteiger partial charge in [-0.1, -0.05) is 23.8 Å². The molecule has 0 spiro atoms. The van der Waals surface area contributed by atoms with E-state index in [1.54, 1.807) is 11.0 Å². The highest BCUT2D eigenvalue weighted by molar-refractivity contribution is 7.80. The van der Waals surface area contributed by atoms with Crippen molar-refractivity contribution in [3.05, 3.63) is 28.8 Å². The number of anilines is 1. The maximum atomic E-state index is 12.0. The van der Waals surface area contributed by atoms with E-state index in [9.17, 15) is 4.79 Å². The van der Waals surface area contributed by atoms with Gasteiger partial charge in [0.1, 0.15) is 0 Å². The summed E-state index contributed by atoms with van der Waals surface area (Å²) in [6.07, 6.45) is -0.525. The normalized spacial score (nSPS) is 14.7. The van der Waals surface area contributed by atoms with Gasteiger partial charge in [0.2, 0.25) is 0 Å². The minimum absolute atomic E-state index is 0.156. The molecule has 0 fully saturated rings. The molecule has 1 amide bonds. The molecule has 2 rings (SSSR count).